The molecule has 3 heteroatoms. The van der Waals surface area contributed by atoms with Gasteiger partial charge in [0.1, 0.15) is 0 Å². The predicted molar refractivity (Wildman–Crippen MR) is 132 cm³/mol. The second-order valence-electron chi connectivity index (χ2n) is 9.20. The highest BCUT2D eigenvalue weighted by atomic mass is 16.5. The van der Waals surface area contributed by atoms with E-state index in [1.807, 2.05) is 0 Å². The third kappa shape index (κ3) is 25.3. The van der Waals surface area contributed by atoms with E-state index in [4.69, 9.17) is 0 Å². The monoisotopic (exact) mass is 425 g/mol. The molecule has 1 N–H and O–H groups in total. The lowest BCUT2D eigenvalue weighted by Crippen LogP contribution is -2.23. The molecular weight excluding hydrogens is 370 g/mol. The van der Waals surface area contributed by atoms with Crippen LogP contribution in [0.15, 0.2) is 0 Å². The van der Waals surface area contributed by atoms with Crippen LogP contribution in [-0.2, 0) is 4.74 Å². The molecule has 0 saturated carbocycles. The van der Waals surface area contributed by atoms with Crippen molar-refractivity contribution >= 4 is 6.09 Å². The van der Waals surface area contributed by atoms with Gasteiger partial charge in [-0.15, -0.1) is 0 Å². The summed E-state index contributed by atoms with van der Waals surface area (Å²) in [5.41, 5.74) is 0. The van der Waals surface area contributed by atoms with Gasteiger partial charge >= 0.3 is 6.09 Å². The Kier molecular flexibility index (Phi) is 25.7. The number of methoxy groups -OCH3 is 1. The maximum absolute atomic E-state index is 10.9. The first kappa shape index (κ1) is 29.3. The molecule has 0 aromatic heterocycles. The predicted octanol–water partition coefficient (Wildman–Crippen LogP) is 9.33. The van der Waals surface area contributed by atoms with E-state index in [9.17, 15) is 4.79 Å². The van der Waals surface area contributed by atoms with Crippen LogP contribution in [0.2, 0.25) is 0 Å². The molecule has 0 saturated heterocycles. The van der Waals surface area contributed by atoms with Crippen molar-refractivity contribution in [3.63, 3.8) is 0 Å². The van der Waals surface area contributed by atoms with Gasteiger partial charge in [-0.25, -0.2) is 4.79 Å². The molecular formula is C27H55NO2. The van der Waals surface area contributed by atoms with Gasteiger partial charge in [-0.05, 0) is 6.42 Å². The summed E-state index contributed by atoms with van der Waals surface area (Å²) in [6, 6.07) is 0. The molecule has 0 heterocycles. The molecule has 0 aromatic rings. The molecule has 0 aliphatic heterocycles. The Balaban J connectivity index is 3.01. The van der Waals surface area contributed by atoms with Gasteiger partial charge in [-0.1, -0.05) is 148 Å². The van der Waals surface area contributed by atoms with E-state index in [1.54, 1.807) is 0 Å². The fraction of sp³-hybridized carbons (Fsp3) is 0.963. The van der Waals surface area contributed by atoms with Crippen molar-refractivity contribution in [3.05, 3.63) is 0 Å². The quantitative estimate of drug-likeness (QED) is 0.156. The Bertz CT molecular complexity index is 333. The Labute approximate surface area is 189 Å². The molecule has 30 heavy (non-hydrogen) atoms. The van der Waals surface area contributed by atoms with Crippen LogP contribution in [0, 0.1) is 0 Å². The first-order valence-electron chi connectivity index (χ1n) is 13.6. The highest BCUT2D eigenvalue weighted by Crippen LogP contribution is 2.15. The first-order chi connectivity index (χ1) is 14.8. The van der Waals surface area contributed by atoms with Gasteiger partial charge in [0.25, 0.3) is 0 Å². The van der Waals surface area contributed by atoms with E-state index < -0.39 is 0 Å². The van der Waals surface area contributed by atoms with E-state index in [2.05, 4.69) is 17.0 Å². The molecule has 0 unspecified atom stereocenters. The summed E-state index contributed by atoms with van der Waals surface area (Å²) in [4.78, 5) is 10.9. The van der Waals surface area contributed by atoms with Crippen LogP contribution in [0.5, 0.6) is 0 Å². The SMILES string of the molecule is CCCCCCCCCCCCCCCCCCCCCCCCCNC(=O)OC. The van der Waals surface area contributed by atoms with Crippen molar-refractivity contribution in [2.75, 3.05) is 13.7 Å². The lowest BCUT2D eigenvalue weighted by molar-refractivity contribution is 0.171. The third-order valence-electron chi connectivity index (χ3n) is 6.24. The minimum absolute atomic E-state index is 0.311. The van der Waals surface area contributed by atoms with Gasteiger partial charge < -0.3 is 10.1 Å². The number of alkyl carbamates (subject to hydrolysis) is 1. The van der Waals surface area contributed by atoms with Crippen molar-refractivity contribution in [1.82, 2.24) is 5.32 Å². The van der Waals surface area contributed by atoms with Crippen molar-refractivity contribution in [1.29, 1.82) is 0 Å². The Morgan fingerprint density at radius 3 is 1.03 bits per heavy atom. The number of unbranched alkanes of at least 4 members (excludes halogenated alkanes) is 22. The highest BCUT2D eigenvalue weighted by molar-refractivity contribution is 5.66. The standard InChI is InChI=1S/C27H55NO2/c1-3-4-5-6-7-8-9-10-11-12-13-14-15-16-17-18-19-20-21-22-23-24-25-26-28-27(29)30-2/h3-26H2,1-2H3,(H,28,29). The maximum Gasteiger partial charge on any atom is 0.406 e. The molecule has 1 amide bonds. The van der Waals surface area contributed by atoms with E-state index in [0.29, 0.717) is 0 Å². The maximum atomic E-state index is 10.9. The van der Waals surface area contributed by atoms with Crippen LogP contribution in [0.4, 0.5) is 4.79 Å². The number of nitrogens with one attached hydrogen (secondary N) is 1. The molecule has 0 aliphatic rings. The fourth-order valence-electron chi connectivity index (χ4n) is 4.17. The van der Waals surface area contributed by atoms with Crippen molar-refractivity contribution in [2.24, 2.45) is 0 Å². The van der Waals surface area contributed by atoms with Crippen LogP contribution < -0.4 is 5.32 Å². The summed E-state index contributed by atoms with van der Waals surface area (Å²) >= 11 is 0. The Morgan fingerprint density at radius 1 is 0.500 bits per heavy atom. The molecule has 0 aromatic carbocycles. The Hall–Kier alpha value is -0.730. The average molecular weight is 426 g/mol. The number of hydrogen-bond acceptors (Lipinski definition) is 2. The summed E-state index contributed by atoms with van der Waals surface area (Å²) < 4.78 is 4.55. The van der Waals surface area contributed by atoms with Gasteiger partial charge in [0, 0.05) is 6.54 Å². The second-order valence-corrected chi connectivity index (χ2v) is 9.20. The number of rotatable bonds is 24. The number of amides is 1. The smallest absolute Gasteiger partial charge is 0.406 e. The molecule has 0 spiro atoms. The zero-order valence-corrected chi connectivity index (χ0v) is 20.8. The largest absolute Gasteiger partial charge is 0.453 e. The normalized spacial score (nSPS) is 11.0. The first-order valence-corrected chi connectivity index (χ1v) is 13.6. The number of carbonyl (C=O) groups excluding carboxylic acids is 1. The van der Waals surface area contributed by atoms with Crippen molar-refractivity contribution < 1.29 is 9.53 Å². The average Bonchev–Trinajstić information content (AvgIpc) is 2.76. The van der Waals surface area contributed by atoms with E-state index in [0.717, 1.165) is 13.0 Å². The molecule has 0 radical (unpaired) electrons. The minimum Gasteiger partial charge on any atom is -0.453 e. The molecule has 0 rings (SSSR count). The molecule has 0 fully saturated rings. The van der Waals surface area contributed by atoms with Crippen molar-refractivity contribution in [3.8, 4) is 0 Å². The molecule has 3 nitrogen and oxygen atoms in total. The fourth-order valence-corrected chi connectivity index (χ4v) is 4.17. The summed E-state index contributed by atoms with van der Waals surface area (Å²) in [6.45, 7) is 3.04. The molecule has 0 aliphatic carbocycles. The summed E-state index contributed by atoms with van der Waals surface area (Å²) in [5, 5.41) is 2.73. The van der Waals surface area contributed by atoms with Gasteiger partial charge in [-0.2, -0.15) is 0 Å². The van der Waals surface area contributed by atoms with Crippen LogP contribution in [0.25, 0.3) is 0 Å². The van der Waals surface area contributed by atoms with E-state index in [1.165, 1.54) is 148 Å². The topological polar surface area (TPSA) is 38.3 Å². The van der Waals surface area contributed by atoms with Crippen LogP contribution >= 0.6 is 0 Å². The second kappa shape index (κ2) is 26.3. The lowest BCUT2D eigenvalue weighted by atomic mass is 10.0. The summed E-state index contributed by atoms with van der Waals surface area (Å²) in [5.74, 6) is 0. The highest BCUT2D eigenvalue weighted by Gasteiger charge is 1.97. The van der Waals surface area contributed by atoms with Gasteiger partial charge in [0.15, 0.2) is 0 Å². The van der Waals surface area contributed by atoms with E-state index in [-0.39, 0.29) is 6.09 Å². The number of ether oxygens (including phenoxy) is 1. The molecule has 0 bridgehead atoms. The third-order valence-corrected chi connectivity index (χ3v) is 6.24. The zero-order valence-electron chi connectivity index (χ0n) is 20.8. The number of hydrogen-bond donors (Lipinski definition) is 1. The van der Waals surface area contributed by atoms with Crippen molar-refractivity contribution in [2.45, 2.75) is 155 Å². The Morgan fingerprint density at radius 2 is 0.767 bits per heavy atom. The van der Waals surface area contributed by atoms with Crippen LogP contribution in [0.1, 0.15) is 155 Å². The molecule has 0 atom stereocenters. The van der Waals surface area contributed by atoms with Gasteiger partial charge in [0.05, 0.1) is 7.11 Å². The van der Waals surface area contributed by atoms with Gasteiger partial charge in [0.2, 0.25) is 0 Å². The van der Waals surface area contributed by atoms with Crippen LogP contribution in [-0.4, -0.2) is 19.7 Å². The zero-order chi connectivity index (χ0) is 22.0. The number of carbonyl (C=O) groups is 1. The minimum atomic E-state index is -0.311. The van der Waals surface area contributed by atoms with E-state index >= 15 is 0 Å². The van der Waals surface area contributed by atoms with Crippen LogP contribution in [0.3, 0.4) is 0 Å². The lowest BCUT2D eigenvalue weighted by Gasteiger charge is -2.05. The summed E-state index contributed by atoms with van der Waals surface area (Å²) in [7, 11) is 1.41. The molecule has 180 valence electrons. The van der Waals surface area contributed by atoms with Gasteiger partial charge in [-0.3, -0.25) is 0 Å². The summed E-state index contributed by atoms with van der Waals surface area (Å²) in [6.07, 6.45) is 32.0.